The number of nitrogens with zero attached hydrogens (tertiary/aromatic N) is 1. The third kappa shape index (κ3) is 6.10. The molecule has 0 bridgehead atoms. The molecule has 36 heavy (non-hydrogen) atoms. The minimum Gasteiger partial charge on any atom is -0.495 e. The van der Waals surface area contributed by atoms with Crippen LogP contribution < -0.4 is 15.4 Å². The molecule has 0 saturated carbocycles. The van der Waals surface area contributed by atoms with Gasteiger partial charge in [-0.1, -0.05) is 38.4 Å². The quantitative estimate of drug-likeness (QED) is 0.501. The molecule has 2 N–H and O–H groups in total. The number of rotatable bonds is 8. The van der Waals surface area contributed by atoms with Gasteiger partial charge >= 0.3 is 5.97 Å². The number of carbonyl (C=O) groups is 4. The third-order valence-electron chi connectivity index (χ3n) is 6.28. The molecule has 2 fully saturated rings. The average molecular weight is 524 g/mol. The van der Waals surface area contributed by atoms with Crippen LogP contribution in [0.4, 0.5) is 0 Å². The smallest absolute Gasteiger partial charge is 0.310 e. The molecule has 1 aromatic carbocycles. The van der Waals surface area contributed by atoms with Crippen LogP contribution >= 0.6 is 11.6 Å². The Morgan fingerprint density at radius 2 is 2.00 bits per heavy atom. The van der Waals surface area contributed by atoms with Crippen LogP contribution in [0.15, 0.2) is 18.2 Å². The highest BCUT2D eigenvalue weighted by molar-refractivity contribution is 6.35. The van der Waals surface area contributed by atoms with E-state index >= 15 is 0 Å². The van der Waals surface area contributed by atoms with Crippen molar-refractivity contribution in [3.63, 3.8) is 0 Å². The molecule has 198 valence electrons. The van der Waals surface area contributed by atoms with Crippen molar-refractivity contribution in [2.45, 2.75) is 71.4 Å². The molecule has 3 rings (SSSR count). The molecule has 0 aliphatic carbocycles. The lowest BCUT2D eigenvalue weighted by Crippen LogP contribution is -2.58. The van der Waals surface area contributed by atoms with Crippen molar-refractivity contribution in [3.8, 4) is 5.75 Å². The van der Waals surface area contributed by atoms with E-state index in [1.807, 2.05) is 20.8 Å². The van der Waals surface area contributed by atoms with Crippen molar-refractivity contribution in [1.82, 2.24) is 15.5 Å². The normalized spacial score (nSPS) is 22.7. The lowest BCUT2D eigenvalue weighted by molar-refractivity contribution is -0.164. The van der Waals surface area contributed by atoms with Crippen LogP contribution in [0.5, 0.6) is 5.75 Å². The molecule has 0 radical (unpaired) electrons. The third-order valence-corrected chi connectivity index (χ3v) is 6.67. The van der Waals surface area contributed by atoms with Crippen LogP contribution in [-0.4, -0.2) is 73.3 Å². The molecule has 3 amide bonds. The van der Waals surface area contributed by atoms with E-state index in [-0.39, 0.29) is 28.8 Å². The first kappa shape index (κ1) is 27.7. The number of esters is 1. The van der Waals surface area contributed by atoms with Crippen LogP contribution in [0, 0.1) is 5.41 Å². The second-order valence-electron chi connectivity index (χ2n) is 9.92. The predicted molar refractivity (Wildman–Crippen MR) is 132 cm³/mol. The number of ether oxygens (including phenoxy) is 3. The predicted octanol–water partition coefficient (Wildman–Crippen LogP) is 2.28. The van der Waals surface area contributed by atoms with Gasteiger partial charge in [0.05, 0.1) is 24.1 Å². The SMILES string of the molecule is CCO[C@@H]1OC(=O)C[C@H]1NC(=O)[C@@H]1CCCN1C(=O)[C@@H](NC(=O)c1cccc(OC)c1Cl)C(C)(C)C. The maximum atomic E-state index is 13.7. The van der Waals surface area contributed by atoms with Gasteiger partial charge in [0.2, 0.25) is 18.1 Å². The Morgan fingerprint density at radius 3 is 2.64 bits per heavy atom. The summed E-state index contributed by atoms with van der Waals surface area (Å²) in [6.45, 7) is 7.96. The lowest BCUT2D eigenvalue weighted by atomic mass is 9.85. The van der Waals surface area contributed by atoms with E-state index in [0.29, 0.717) is 31.7 Å². The molecule has 11 heteroatoms. The van der Waals surface area contributed by atoms with Crippen LogP contribution in [0.1, 0.15) is 57.3 Å². The minimum atomic E-state index is -0.923. The van der Waals surface area contributed by atoms with Gasteiger partial charge in [-0.05, 0) is 37.3 Å². The average Bonchev–Trinajstić information content (AvgIpc) is 3.43. The van der Waals surface area contributed by atoms with E-state index in [1.54, 1.807) is 25.1 Å². The van der Waals surface area contributed by atoms with Gasteiger partial charge in [-0.15, -0.1) is 0 Å². The first-order valence-corrected chi connectivity index (χ1v) is 12.4. The van der Waals surface area contributed by atoms with E-state index in [1.165, 1.54) is 12.0 Å². The highest BCUT2D eigenvalue weighted by Crippen LogP contribution is 2.30. The number of halogens is 1. The van der Waals surface area contributed by atoms with E-state index in [9.17, 15) is 19.2 Å². The van der Waals surface area contributed by atoms with E-state index in [4.69, 9.17) is 25.8 Å². The molecule has 2 saturated heterocycles. The Morgan fingerprint density at radius 1 is 1.28 bits per heavy atom. The zero-order valence-electron chi connectivity index (χ0n) is 21.3. The van der Waals surface area contributed by atoms with E-state index in [0.717, 1.165) is 0 Å². The van der Waals surface area contributed by atoms with Crippen molar-refractivity contribution >= 4 is 35.3 Å². The van der Waals surface area contributed by atoms with Crippen molar-refractivity contribution < 1.29 is 33.4 Å². The Hall–Kier alpha value is -2.85. The summed E-state index contributed by atoms with van der Waals surface area (Å²) >= 11 is 6.32. The maximum Gasteiger partial charge on any atom is 0.310 e. The van der Waals surface area contributed by atoms with Crippen molar-refractivity contribution in [3.05, 3.63) is 28.8 Å². The first-order chi connectivity index (χ1) is 17.0. The Balaban J connectivity index is 1.76. The fourth-order valence-corrected chi connectivity index (χ4v) is 4.71. The molecule has 10 nitrogen and oxygen atoms in total. The second-order valence-corrected chi connectivity index (χ2v) is 10.3. The standard InChI is InChI=1S/C25H34ClN3O7/c1-6-35-24-15(13-18(30)36-24)27-22(32)16-10-8-12-29(16)23(33)20(25(2,3)4)28-21(31)14-9-7-11-17(34-5)19(14)26/h7,9,11,15-16,20,24H,6,8,10,12-13H2,1-5H3,(H,27,32)(H,28,31)/t15-,16+,20-,24-/m1/s1. The molecule has 0 aromatic heterocycles. The summed E-state index contributed by atoms with van der Waals surface area (Å²) in [5.74, 6) is -1.38. The fraction of sp³-hybridized carbons (Fsp3) is 0.600. The Kier molecular flexibility index (Phi) is 8.84. The van der Waals surface area contributed by atoms with Gasteiger partial charge in [0.1, 0.15) is 23.9 Å². The van der Waals surface area contributed by atoms with E-state index in [2.05, 4.69) is 10.6 Å². The van der Waals surface area contributed by atoms with Gasteiger partial charge in [0.15, 0.2) is 0 Å². The number of hydrogen-bond donors (Lipinski definition) is 2. The number of amides is 3. The molecular formula is C25H34ClN3O7. The number of benzene rings is 1. The highest BCUT2D eigenvalue weighted by atomic mass is 35.5. The van der Waals surface area contributed by atoms with Crippen LogP contribution in [0.25, 0.3) is 0 Å². The summed E-state index contributed by atoms with van der Waals surface area (Å²) < 4.78 is 15.7. The Labute approximate surface area is 216 Å². The summed E-state index contributed by atoms with van der Waals surface area (Å²) in [5.41, 5.74) is -0.477. The van der Waals surface area contributed by atoms with Gasteiger partial charge in [0.25, 0.3) is 5.91 Å². The molecule has 1 aromatic rings. The molecule has 4 atom stereocenters. The molecule has 2 heterocycles. The van der Waals surface area contributed by atoms with Gasteiger partial charge in [0, 0.05) is 13.2 Å². The summed E-state index contributed by atoms with van der Waals surface area (Å²) in [6.07, 6.45) is 0.237. The van der Waals surface area contributed by atoms with Gasteiger partial charge in [-0.3, -0.25) is 19.2 Å². The fourth-order valence-electron chi connectivity index (χ4n) is 4.42. The number of likely N-dealkylation sites (tertiary alicyclic amines) is 1. The summed E-state index contributed by atoms with van der Waals surface area (Å²) in [5, 5.41) is 5.78. The zero-order valence-corrected chi connectivity index (χ0v) is 22.0. The summed E-state index contributed by atoms with van der Waals surface area (Å²) in [7, 11) is 1.45. The minimum absolute atomic E-state index is 0.000948. The summed E-state index contributed by atoms with van der Waals surface area (Å²) in [4.78, 5) is 53.2. The van der Waals surface area contributed by atoms with Crippen molar-refractivity contribution in [2.24, 2.45) is 5.41 Å². The monoisotopic (exact) mass is 523 g/mol. The number of nitrogens with one attached hydrogen (secondary N) is 2. The second kappa shape index (κ2) is 11.5. The number of methoxy groups -OCH3 is 1. The number of hydrogen-bond acceptors (Lipinski definition) is 7. The molecule has 0 spiro atoms. The van der Waals surface area contributed by atoms with E-state index < -0.39 is 41.7 Å². The van der Waals surface area contributed by atoms with Gasteiger partial charge < -0.3 is 29.7 Å². The molecular weight excluding hydrogens is 490 g/mol. The zero-order chi connectivity index (χ0) is 26.6. The van der Waals surface area contributed by atoms with Gasteiger partial charge in [-0.2, -0.15) is 0 Å². The largest absolute Gasteiger partial charge is 0.495 e. The summed E-state index contributed by atoms with van der Waals surface area (Å²) in [6, 6.07) is 2.54. The topological polar surface area (TPSA) is 123 Å². The number of cyclic esters (lactones) is 1. The van der Waals surface area contributed by atoms with Crippen molar-refractivity contribution in [2.75, 3.05) is 20.3 Å². The van der Waals surface area contributed by atoms with Crippen LogP contribution in [-0.2, 0) is 23.9 Å². The van der Waals surface area contributed by atoms with Crippen molar-refractivity contribution in [1.29, 1.82) is 0 Å². The van der Waals surface area contributed by atoms with Crippen LogP contribution in [0.2, 0.25) is 5.02 Å². The number of carbonyl (C=O) groups excluding carboxylic acids is 4. The highest BCUT2D eigenvalue weighted by Gasteiger charge is 2.44. The van der Waals surface area contributed by atoms with Crippen LogP contribution in [0.3, 0.4) is 0 Å². The maximum absolute atomic E-state index is 13.7. The lowest BCUT2D eigenvalue weighted by Gasteiger charge is -2.35. The molecule has 2 aliphatic rings. The van der Waals surface area contributed by atoms with Gasteiger partial charge in [-0.25, -0.2) is 0 Å². The molecule has 2 aliphatic heterocycles. The molecule has 0 unspecified atom stereocenters. The Bertz CT molecular complexity index is 1010. The first-order valence-electron chi connectivity index (χ1n) is 12.0.